The molecule has 0 saturated carbocycles. The Balaban J connectivity index is 1.96. The van der Waals surface area contributed by atoms with Gasteiger partial charge in [0.1, 0.15) is 0 Å². The van der Waals surface area contributed by atoms with Crippen LogP contribution in [0.1, 0.15) is 22.2 Å². The summed E-state index contributed by atoms with van der Waals surface area (Å²) in [5, 5.41) is 4.24. The molecule has 0 atom stereocenters. The lowest BCUT2D eigenvalue weighted by Crippen LogP contribution is -2.21. The Morgan fingerprint density at radius 1 is 1.26 bits per heavy atom. The molecule has 19 heavy (non-hydrogen) atoms. The fourth-order valence-corrected chi connectivity index (χ4v) is 3.41. The summed E-state index contributed by atoms with van der Waals surface area (Å²) in [6, 6.07) is 6.48. The molecule has 2 nitrogen and oxygen atoms in total. The van der Waals surface area contributed by atoms with Crippen molar-refractivity contribution < 1.29 is 0 Å². The van der Waals surface area contributed by atoms with Crippen LogP contribution in [0.5, 0.6) is 0 Å². The van der Waals surface area contributed by atoms with Gasteiger partial charge in [-0.2, -0.15) is 0 Å². The molecule has 0 aromatic carbocycles. The van der Waals surface area contributed by atoms with E-state index >= 15 is 0 Å². The number of hydrogen-bond acceptors (Lipinski definition) is 4. The third-order valence-corrected chi connectivity index (χ3v) is 4.56. The molecule has 0 bridgehead atoms. The fraction of sp³-hybridized carbons (Fsp3) is 0.333. The first-order valence-corrected chi connectivity index (χ1v) is 8.09. The van der Waals surface area contributed by atoms with Crippen molar-refractivity contribution in [2.75, 3.05) is 13.1 Å². The van der Waals surface area contributed by atoms with E-state index in [2.05, 4.69) is 52.6 Å². The summed E-state index contributed by atoms with van der Waals surface area (Å²) in [4.78, 5) is 5.22. The summed E-state index contributed by atoms with van der Waals surface area (Å²) in [5.74, 6) is 5.97. The monoisotopic (exact) mass is 290 g/mol. The van der Waals surface area contributed by atoms with E-state index in [4.69, 9.17) is 5.73 Å². The van der Waals surface area contributed by atoms with Crippen molar-refractivity contribution in [2.24, 2.45) is 5.73 Å². The Kier molecular flexibility index (Phi) is 5.62. The number of rotatable bonds is 5. The SMILES string of the molecule is CCN(Cc1cccs1)Cc1cc(C#CCN)cs1. The van der Waals surface area contributed by atoms with Gasteiger partial charge < -0.3 is 5.73 Å². The molecule has 0 amide bonds. The maximum absolute atomic E-state index is 5.38. The van der Waals surface area contributed by atoms with Crippen LogP contribution in [0.4, 0.5) is 0 Å². The van der Waals surface area contributed by atoms with Gasteiger partial charge in [0, 0.05) is 33.8 Å². The average molecular weight is 290 g/mol. The Hall–Kier alpha value is -1.12. The van der Waals surface area contributed by atoms with Crippen LogP contribution < -0.4 is 5.73 Å². The third kappa shape index (κ3) is 4.48. The molecular formula is C15H18N2S2. The second-order valence-electron chi connectivity index (χ2n) is 4.19. The maximum atomic E-state index is 5.38. The van der Waals surface area contributed by atoms with Crippen molar-refractivity contribution >= 4 is 22.7 Å². The zero-order chi connectivity index (χ0) is 13.5. The molecule has 0 unspecified atom stereocenters. The molecule has 100 valence electrons. The molecule has 4 heteroatoms. The van der Waals surface area contributed by atoms with E-state index in [1.165, 1.54) is 9.75 Å². The highest BCUT2D eigenvalue weighted by Gasteiger charge is 2.07. The van der Waals surface area contributed by atoms with E-state index in [1.54, 1.807) is 11.3 Å². The number of hydrogen-bond donors (Lipinski definition) is 1. The molecule has 2 aromatic heterocycles. The first-order valence-electron chi connectivity index (χ1n) is 6.33. The Morgan fingerprint density at radius 3 is 2.79 bits per heavy atom. The van der Waals surface area contributed by atoms with Gasteiger partial charge in [-0.15, -0.1) is 22.7 Å². The molecular weight excluding hydrogens is 272 g/mol. The third-order valence-electron chi connectivity index (χ3n) is 2.77. The molecule has 0 saturated heterocycles. The lowest BCUT2D eigenvalue weighted by molar-refractivity contribution is 0.276. The van der Waals surface area contributed by atoms with Crippen molar-refractivity contribution in [1.82, 2.24) is 4.90 Å². The second-order valence-corrected chi connectivity index (χ2v) is 6.22. The van der Waals surface area contributed by atoms with Crippen molar-refractivity contribution in [3.05, 3.63) is 44.3 Å². The minimum atomic E-state index is 0.421. The van der Waals surface area contributed by atoms with Crippen LogP contribution in [0, 0.1) is 11.8 Å². The highest BCUT2D eigenvalue weighted by Crippen LogP contribution is 2.18. The Morgan fingerprint density at radius 2 is 2.11 bits per heavy atom. The van der Waals surface area contributed by atoms with Crippen molar-refractivity contribution in [3.8, 4) is 11.8 Å². The number of nitrogens with two attached hydrogens (primary N) is 1. The van der Waals surface area contributed by atoms with Gasteiger partial charge >= 0.3 is 0 Å². The Labute approximate surface area is 122 Å². The van der Waals surface area contributed by atoms with E-state index in [-0.39, 0.29) is 0 Å². The fourth-order valence-electron chi connectivity index (χ4n) is 1.81. The van der Waals surface area contributed by atoms with E-state index in [0.717, 1.165) is 25.2 Å². The molecule has 0 aliphatic heterocycles. The van der Waals surface area contributed by atoms with E-state index in [0.29, 0.717) is 6.54 Å². The Bertz CT molecular complexity index is 546. The lowest BCUT2D eigenvalue weighted by atomic mass is 10.3. The second kappa shape index (κ2) is 7.46. The van der Waals surface area contributed by atoms with Gasteiger partial charge in [-0.3, -0.25) is 4.90 Å². The zero-order valence-electron chi connectivity index (χ0n) is 11.1. The maximum Gasteiger partial charge on any atom is 0.0555 e. The molecule has 0 spiro atoms. The first kappa shape index (κ1) is 14.3. The van der Waals surface area contributed by atoms with Crippen LogP contribution in [0.2, 0.25) is 0 Å². The molecule has 0 aliphatic rings. The summed E-state index contributed by atoms with van der Waals surface area (Å²) >= 11 is 3.59. The molecule has 2 N–H and O–H groups in total. The number of nitrogens with zero attached hydrogens (tertiary/aromatic N) is 1. The van der Waals surface area contributed by atoms with Crippen LogP contribution in [0.25, 0.3) is 0 Å². The lowest BCUT2D eigenvalue weighted by Gasteiger charge is -2.18. The highest BCUT2D eigenvalue weighted by atomic mass is 32.1. The zero-order valence-corrected chi connectivity index (χ0v) is 12.7. The molecule has 2 heterocycles. The summed E-state index contributed by atoms with van der Waals surface area (Å²) in [6.07, 6.45) is 0. The van der Waals surface area contributed by atoms with Gasteiger partial charge in [-0.05, 0) is 24.1 Å². The smallest absolute Gasteiger partial charge is 0.0555 e. The van der Waals surface area contributed by atoms with E-state index in [9.17, 15) is 0 Å². The summed E-state index contributed by atoms with van der Waals surface area (Å²) in [7, 11) is 0. The highest BCUT2D eigenvalue weighted by molar-refractivity contribution is 7.10. The van der Waals surface area contributed by atoms with Crippen molar-refractivity contribution in [2.45, 2.75) is 20.0 Å². The first-order chi connectivity index (χ1) is 9.31. The van der Waals surface area contributed by atoms with Crippen molar-refractivity contribution in [3.63, 3.8) is 0 Å². The van der Waals surface area contributed by atoms with Gasteiger partial charge in [-0.25, -0.2) is 0 Å². The number of thiophene rings is 2. The van der Waals surface area contributed by atoms with Crippen LogP contribution in [-0.2, 0) is 13.1 Å². The van der Waals surface area contributed by atoms with Gasteiger partial charge in [-0.1, -0.05) is 24.8 Å². The summed E-state index contributed by atoms with van der Waals surface area (Å²) in [5.41, 5.74) is 6.47. The van der Waals surface area contributed by atoms with Crippen LogP contribution in [0.15, 0.2) is 29.0 Å². The average Bonchev–Trinajstić information content (AvgIpc) is 3.07. The van der Waals surface area contributed by atoms with Gasteiger partial charge in [0.05, 0.1) is 6.54 Å². The van der Waals surface area contributed by atoms with Gasteiger partial charge in [0.2, 0.25) is 0 Å². The molecule has 0 aliphatic carbocycles. The predicted molar refractivity (Wildman–Crippen MR) is 84.4 cm³/mol. The minimum absolute atomic E-state index is 0.421. The van der Waals surface area contributed by atoms with Gasteiger partial charge in [0.15, 0.2) is 0 Å². The van der Waals surface area contributed by atoms with E-state index in [1.807, 2.05) is 11.3 Å². The summed E-state index contributed by atoms with van der Waals surface area (Å²) < 4.78 is 0. The van der Waals surface area contributed by atoms with Crippen LogP contribution in [0.3, 0.4) is 0 Å². The normalized spacial score (nSPS) is 10.5. The molecule has 2 rings (SSSR count). The van der Waals surface area contributed by atoms with Gasteiger partial charge in [0.25, 0.3) is 0 Å². The summed E-state index contributed by atoms with van der Waals surface area (Å²) in [6.45, 7) is 5.69. The van der Waals surface area contributed by atoms with Crippen LogP contribution >= 0.6 is 22.7 Å². The van der Waals surface area contributed by atoms with Crippen LogP contribution in [-0.4, -0.2) is 18.0 Å². The molecule has 0 radical (unpaired) electrons. The minimum Gasteiger partial charge on any atom is -0.320 e. The quantitative estimate of drug-likeness (QED) is 0.857. The van der Waals surface area contributed by atoms with E-state index < -0.39 is 0 Å². The topological polar surface area (TPSA) is 29.3 Å². The van der Waals surface area contributed by atoms with Crippen molar-refractivity contribution in [1.29, 1.82) is 0 Å². The largest absolute Gasteiger partial charge is 0.320 e. The predicted octanol–water partition coefficient (Wildman–Crippen LogP) is 3.14. The molecule has 0 fully saturated rings. The molecule has 2 aromatic rings. The standard InChI is InChI=1S/C15H18N2S2/c1-2-17(10-14-6-4-8-18-14)11-15-9-13(12-19-15)5-3-7-16/h4,6,8-9,12H,2,7,10-11,16H2,1H3.